The van der Waals surface area contributed by atoms with E-state index < -0.39 is 11.6 Å². The summed E-state index contributed by atoms with van der Waals surface area (Å²) in [6.07, 6.45) is 0. The van der Waals surface area contributed by atoms with Crippen LogP contribution in [0.15, 0.2) is 12.1 Å². The van der Waals surface area contributed by atoms with Crippen molar-refractivity contribution in [2.24, 2.45) is 5.73 Å². The summed E-state index contributed by atoms with van der Waals surface area (Å²) >= 11 is 0. The molecule has 0 amide bonds. The molecule has 1 rings (SSSR count). The summed E-state index contributed by atoms with van der Waals surface area (Å²) in [6.45, 7) is -0.0441. The van der Waals surface area contributed by atoms with Gasteiger partial charge in [0, 0.05) is 12.6 Å². The van der Waals surface area contributed by atoms with Crippen molar-refractivity contribution < 1.29 is 8.78 Å². The number of nitriles is 1. The van der Waals surface area contributed by atoms with Gasteiger partial charge in [-0.1, -0.05) is 0 Å². The fraction of sp³-hybridized carbons (Fsp3) is 0.125. The van der Waals surface area contributed by atoms with Crippen LogP contribution in [0.1, 0.15) is 11.1 Å². The zero-order valence-corrected chi connectivity index (χ0v) is 6.14. The molecule has 0 aliphatic rings. The molecule has 4 heteroatoms. The van der Waals surface area contributed by atoms with Crippen molar-refractivity contribution in [1.29, 1.82) is 5.26 Å². The number of hydrogen-bond donors (Lipinski definition) is 1. The summed E-state index contributed by atoms with van der Waals surface area (Å²) in [4.78, 5) is 0. The van der Waals surface area contributed by atoms with Gasteiger partial charge in [-0.25, -0.2) is 8.78 Å². The Morgan fingerprint density at radius 1 is 1.42 bits per heavy atom. The lowest BCUT2D eigenvalue weighted by Crippen LogP contribution is -2.02. The van der Waals surface area contributed by atoms with Crippen molar-refractivity contribution in [3.05, 3.63) is 34.9 Å². The summed E-state index contributed by atoms with van der Waals surface area (Å²) in [7, 11) is 0. The van der Waals surface area contributed by atoms with Crippen molar-refractivity contribution >= 4 is 0 Å². The van der Waals surface area contributed by atoms with Crippen LogP contribution in [0.2, 0.25) is 0 Å². The molecule has 0 aliphatic heterocycles. The Morgan fingerprint density at radius 3 is 2.58 bits per heavy atom. The topological polar surface area (TPSA) is 49.8 Å². The third-order valence-corrected chi connectivity index (χ3v) is 1.47. The zero-order chi connectivity index (χ0) is 9.14. The van der Waals surface area contributed by atoms with Gasteiger partial charge < -0.3 is 5.73 Å². The van der Waals surface area contributed by atoms with Gasteiger partial charge in [-0.05, 0) is 11.6 Å². The van der Waals surface area contributed by atoms with Gasteiger partial charge in [0.25, 0.3) is 0 Å². The molecule has 0 heterocycles. The second-order valence-electron chi connectivity index (χ2n) is 2.24. The number of benzene rings is 1. The van der Waals surface area contributed by atoms with Gasteiger partial charge in [0.2, 0.25) is 0 Å². The lowest BCUT2D eigenvalue weighted by atomic mass is 10.1. The van der Waals surface area contributed by atoms with Gasteiger partial charge in [-0.15, -0.1) is 0 Å². The Morgan fingerprint density at radius 2 is 2.08 bits per heavy atom. The van der Waals surface area contributed by atoms with Crippen LogP contribution in [0.4, 0.5) is 8.78 Å². The predicted molar refractivity (Wildman–Crippen MR) is 39.0 cm³/mol. The average Bonchev–Trinajstić information content (AvgIpc) is 2.03. The molecule has 0 bridgehead atoms. The first-order valence-corrected chi connectivity index (χ1v) is 3.27. The number of hydrogen-bond acceptors (Lipinski definition) is 2. The molecule has 0 fully saturated rings. The Labute approximate surface area is 68.2 Å². The highest BCUT2D eigenvalue weighted by molar-refractivity contribution is 5.39. The standard InChI is InChI=1S/C8H6F2N2/c9-6-1-5(3-11)7(4-12)8(10)2-6/h1-2H,3,11H2. The molecule has 62 valence electrons. The third-order valence-electron chi connectivity index (χ3n) is 1.47. The second kappa shape index (κ2) is 3.28. The van der Waals surface area contributed by atoms with Crippen LogP contribution in [0, 0.1) is 23.0 Å². The van der Waals surface area contributed by atoms with E-state index in [1.807, 2.05) is 0 Å². The largest absolute Gasteiger partial charge is 0.326 e. The summed E-state index contributed by atoms with van der Waals surface area (Å²) in [5.74, 6) is -1.58. The first-order chi connectivity index (χ1) is 5.69. The van der Waals surface area contributed by atoms with Crippen LogP contribution in [0.25, 0.3) is 0 Å². The highest BCUT2D eigenvalue weighted by Crippen LogP contribution is 2.14. The monoisotopic (exact) mass is 168 g/mol. The molecule has 12 heavy (non-hydrogen) atoms. The highest BCUT2D eigenvalue weighted by atomic mass is 19.1. The maximum absolute atomic E-state index is 12.8. The average molecular weight is 168 g/mol. The fourth-order valence-electron chi connectivity index (χ4n) is 0.913. The van der Waals surface area contributed by atoms with E-state index in [0.29, 0.717) is 6.07 Å². The molecule has 1 aromatic carbocycles. The molecule has 0 aromatic heterocycles. The van der Waals surface area contributed by atoms with E-state index in [-0.39, 0.29) is 17.7 Å². The minimum atomic E-state index is -0.863. The van der Waals surface area contributed by atoms with Crippen molar-refractivity contribution in [1.82, 2.24) is 0 Å². The number of rotatable bonds is 1. The van der Waals surface area contributed by atoms with E-state index >= 15 is 0 Å². The maximum atomic E-state index is 12.8. The Bertz CT molecular complexity index is 342. The Balaban J connectivity index is 3.36. The number of halogens is 2. The first-order valence-electron chi connectivity index (χ1n) is 3.27. The van der Waals surface area contributed by atoms with E-state index in [1.165, 1.54) is 0 Å². The molecule has 0 atom stereocenters. The van der Waals surface area contributed by atoms with Gasteiger partial charge in [0.1, 0.15) is 17.7 Å². The minimum absolute atomic E-state index is 0.0441. The van der Waals surface area contributed by atoms with E-state index in [4.69, 9.17) is 11.0 Å². The smallest absolute Gasteiger partial charge is 0.144 e. The van der Waals surface area contributed by atoms with Crippen LogP contribution < -0.4 is 5.73 Å². The molecule has 1 aromatic rings. The van der Waals surface area contributed by atoms with Gasteiger partial charge >= 0.3 is 0 Å². The zero-order valence-electron chi connectivity index (χ0n) is 6.14. The Kier molecular flexibility index (Phi) is 2.36. The number of nitrogens with zero attached hydrogens (tertiary/aromatic N) is 1. The molecule has 2 N–H and O–H groups in total. The maximum Gasteiger partial charge on any atom is 0.144 e. The number of nitrogens with two attached hydrogens (primary N) is 1. The van der Waals surface area contributed by atoms with Crippen molar-refractivity contribution in [2.75, 3.05) is 0 Å². The van der Waals surface area contributed by atoms with Crippen molar-refractivity contribution in [3.8, 4) is 6.07 Å². The molecule has 0 aliphatic carbocycles. The van der Waals surface area contributed by atoms with Crippen LogP contribution in [-0.4, -0.2) is 0 Å². The lowest BCUT2D eigenvalue weighted by molar-refractivity contribution is 0.577. The summed E-state index contributed by atoms with van der Waals surface area (Å²) in [6, 6.07) is 3.34. The molecular weight excluding hydrogens is 162 g/mol. The van der Waals surface area contributed by atoms with Crippen LogP contribution in [0.3, 0.4) is 0 Å². The quantitative estimate of drug-likeness (QED) is 0.686. The van der Waals surface area contributed by atoms with E-state index in [0.717, 1.165) is 6.07 Å². The van der Waals surface area contributed by atoms with Gasteiger partial charge in [-0.3, -0.25) is 0 Å². The van der Waals surface area contributed by atoms with Crippen molar-refractivity contribution in [3.63, 3.8) is 0 Å². The van der Waals surface area contributed by atoms with Gasteiger partial charge in [-0.2, -0.15) is 5.26 Å². The normalized spacial score (nSPS) is 9.50. The Hall–Kier alpha value is -1.47. The summed E-state index contributed by atoms with van der Waals surface area (Å²) < 4.78 is 25.3. The first kappa shape index (κ1) is 8.62. The van der Waals surface area contributed by atoms with Gasteiger partial charge in [0.15, 0.2) is 0 Å². The van der Waals surface area contributed by atoms with E-state index in [2.05, 4.69) is 0 Å². The van der Waals surface area contributed by atoms with Crippen LogP contribution in [0.5, 0.6) is 0 Å². The van der Waals surface area contributed by atoms with E-state index in [9.17, 15) is 8.78 Å². The summed E-state index contributed by atoms with van der Waals surface area (Å²) in [5, 5.41) is 8.45. The molecule has 2 nitrogen and oxygen atoms in total. The molecule has 0 saturated heterocycles. The molecule has 0 radical (unpaired) electrons. The van der Waals surface area contributed by atoms with Crippen molar-refractivity contribution in [2.45, 2.75) is 6.54 Å². The van der Waals surface area contributed by atoms with E-state index in [1.54, 1.807) is 6.07 Å². The third kappa shape index (κ3) is 1.41. The van der Waals surface area contributed by atoms with Gasteiger partial charge in [0.05, 0.1) is 5.56 Å². The minimum Gasteiger partial charge on any atom is -0.326 e. The molecule has 0 unspecified atom stereocenters. The second-order valence-corrected chi connectivity index (χ2v) is 2.24. The predicted octanol–water partition coefficient (Wildman–Crippen LogP) is 1.30. The molecular formula is C8H6F2N2. The summed E-state index contributed by atoms with van der Waals surface area (Å²) in [5.41, 5.74) is 5.19. The highest BCUT2D eigenvalue weighted by Gasteiger charge is 2.08. The molecule has 0 saturated carbocycles. The SMILES string of the molecule is N#Cc1c(F)cc(F)cc1CN. The van der Waals surface area contributed by atoms with Crippen LogP contribution >= 0.6 is 0 Å². The fourth-order valence-corrected chi connectivity index (χ4v) is 0.913. The lowest BCUT2D eigenvalue weighted by Gasteiger charge is -2.00. The molecule has 0 spiro atoms. The van der Waals surface area contributed by atoms with Crippen LogP contribution in [-0.2, 0) is 6.54 Å².